The van der Waals surface area contributed by atoms with Crippen molar-refractivity contribution in [3.05, 3.63) is 60.3 Å². The average Bonchev–Trinajstić information content (AvgIpc) is 3.11. The van der Waals surface area contributed by atoms with Crippen LogP contribution in [-0.2, 0) is 0 Å². The van der Waals surface area contributed by atoms with Gasteiger partial charge in [0.1, 0.15) is 23.8 Å². The first-order valence-corrected chi connectivity index (χ1v) is 9.57. The predicted octanol–water partition coefficient (Wildman–Crippen LogP) is 2.32. The number of fused-ring (bicyclic) bond motifs is 1. The molecule has 0 spiro atoms. The van der Waals surface area contributed by atoms with Crippen molar-refractivity contribution in [3.63, 3.8) is 0 Å². The predicted molar refractivity (Wildman–Crippen MR) is 106 cm³/mol. The standard InChI is InChI=1S/C21H23FN4O3/c1-28-16-5-4-6-17(15-16)29-14-13-24-9-11-25(12-10-24)21(27)19-20(22)26-8-3-2-7-18(26)23-19/h2-8,15H,9-14H2,1H3. The van der Waals surface area contributed by atoms with Crippen molar-refractivity contribution in [2.45, 2.75) is 0 Å². The molecule has 8 heteroatoms. The van der Waals surface area contributed by atoms with Gasteiger partial charge < -0.3 is 14.4 Å². The quantitative estimate of drug-likeness (QED) is 0.638. The van der Waals surface area contributed by atoms with Gasteiger partial charge >= 0.3 is 0 Å². The molecule has 1 fully saturated rings. The summed E-state index contributed by atoms with van der Waals surface area (Å²) < 4.78 is 26.8. The highest BCUT2D eigenvalue weighted by molar-refractivity contribution is 5.93. The van der Waals surface area contributed by atoms with E-state index in [0.717, 1.165) is 18.0 Å². The van der Waals surface area contributed by atoms with E-state index in [1.807, 2.05) is 24.3 Å². The maximum atomic E-state index is 14.5. The van der Waals surface area contributed by atoms with Crippen molar-refractivity contribution in [2.24, 2.45) is 0 Å². The van der Waals surface area contributed by atoms with Gasteiger partial charge in [-0.3, -0.25) is 14.1 Å². The molecule has 2 aromatic heterocycles. The molecule has 0 unspecified atom stereocenters. The first-order valence-electron chi connectivity index (χ1n) is 9.57. The monoisotopic (exact) mass is 398 g/mol. The van der Waals surface area contributed by atoms with Gasteiger partial charge in [-0.05, 0) is 24.3 Å². The SMILES string of the molecule is COc1cccc(OCCN2CCN(C(=O)c3nc4ccccn4c3F)CC2)c1. The van der Waals surface area contributed by atoms with Crippen LogP contribution in [-0.4, -0.2) is 71.5 Å². The van der Waals surface area contributed by atoms with Gasteiger partial charge in [0.2, 0.25) is 5.95 Å². The van der Waals surface area contributed by atoms with Crippen molar-refractivity contribution in [3.8, 4) is 11.5 Å². The highest BCUT2D eigenvalue weighted by Gasteiger charge is 2.27. The number of piperazine rings is 1. The fourth-order valence-corrected chi connectivity index (χ4v) is 3.41. The summed E-state index contributed by atoms with van der Waals surface area (Å²) in [6.07, 6.45) is 1.56. The maximum Gasteiger partial charge on any atom is 0.277 e. The number of carbonyl (C=O) groups is 1. The number of methoxy groups -OCH3 is 1. The zero-order chi connectivity index (χ0) is 20.2. The minimum atomic E-state index is -0.611. The molecule has 1 aliphatic rings. The average molecular weight is 398 g/mol. The largest absolute Gasteiger partial charge is 0.497 e. The van der Waals surface area contributed by atoms with E-state index < -0.39 is 5.95 Å². The topological polar surface area (TPSA) is 59.3 Å². The second-order valence-electron chi connectivity index (χ2n) is 6.84. The molecule has 3 aromatic rings. The number of rotatable bonds is 6. The van der Waals surface area contributed by atoms with Crippen molar-refractivity contribution in [1.82, 2.24) is 19.2 Å². The van der Waals surface area contributed by atoms with Gasteiger partial charge in [0, 0.05) is 45.0 Å². The summed E-state index contributed by atoms with van der Waals surface area (Å²) >= 11 is 0. The van der Waals surface area contributed by atoms with Crippen LogP contribution in [0.5, 0.6) is 11.5 Å². The zero-order valence-corrected chi connectivity index (χ0v) is 16.3. The first kappa shape index (κ1) is 19.2. The molecule has 0 aliphatic carbocycles. The number of aromatic nitrogens is 2. The summed E-state index contributed by atoms with van der Waals surface area (Å²) in [7, 11) is 1.62. The van der Waals surface area contributed by atoms with E-state index in [0.29, 0.717) is 38.4 Å². The molecule has 152 valence electrons. The molecule has 0 N–H and O–H groups in total. The van der Waals surface area contributed by atoms with Crippen LogP contribution in [0.4, 0.5) is 4.39 Å². The van der Waals surface area contributed by atoms with Crippen LogP contribution < -0.4 is 9.47 Å². The lowest BCUT2D eigenvalue weighted by Gasteiger charge is -2.34. The number of carbonyl (C=O) groups excluding carboxylic acids is 1. The van der Waals surface area contributed by atoms with Gasteiger partial charge in [0.25, 0.3) is 5.91 Å². The number of benzene rings is 1. The number of imidazole rings is 1. The second kappa shape index (κ2) is 8.48. The molecule has 29 heavy (non-hydrogen) atoms. The third-order valence-electron chi connectivity index (χ3n) is 5.05. The van der Waals surface area contributed by atoms with Crippen LogP contribution in [0.25, 0.3) is 5.65 Å². The van der Waals surface area contributed by atoms with Gasteiger partial charge in [-0.2, -0.15) is 4.39 Å². The summed E-state index contributed by atoms with van der Waals surface area (Å²) in [6, 6.07) is 12.6. The molecular formula is C21H23FN4O3. The van der Waals surface area contributed by atoms with Gasteiger partial charge in [-0.25, -0.2) is 4.98 Å². The molecule has 1 amide bonds. The van der Waals surface area contributed by atoms with E-state index in [1.54, 1.807) is 36.4 Å². The Kier molecular flexibility index (Phi) is 5.62. The van der Waals surface area contributed by atoms with Crippen LogP contribution >= 0.6 is 0 Å². The Morgan fingerprint density at radius 3 is 2.66 bits per heavy atom. The molecule has 0 saturated carbocycles. The molecule has 1 aliphatic heterocycles. The highest BCUT2D eigenvalue weighted by atomic mass is 19.1. The number of halogens is 1. The summed E-state index contributed by atoms with van der Waals surface area (Å²) in [5.41, 5.74) is 0.313. The van der Waals surface area contributed by atoms with Gasteiger partial charge in [0.05, 0.1) is 7.11 Å². The van der Waals surface area contributed by atoms with Gasteiger partial charge in [-0.15, -0.1) is 0 Å². The summed E-state index contributed by atoms with van der Waals surface area (Å²) in [4.78, 5) is 20.8. The van der Waals surface area contributed by atoms with Gasteiger partial charge in [0.15, 0.2) is 5.69 Å². The molecule has 1 aromatic carbocycles. The number of hydrogen-bond donors (Lipinski definition) is 0. The zero-order valence-electron chi connectivity index (χ0n) is 16.3. The minimum absolute atomic E-state index is 0.119. The van der Waals surface area contributed by atoms with E-state index in [1.165, 1.54) is 4.40 Å². The fourth-order valence-electron chi connectivity index (χ4n) is 3.41. The number of amides is 1. The van der Waals surface area contributed by atoms with Crippen LogP contribution in [0.2, 0.25) is 0 Å². The van der Waals surface area contributed by atoms with Crippen molar-refractivity contribution >= 4 is 11.6 Å². The van der Waals surface area contributed by atoms with Crippen LogP contribution in [0.15, 0.2) is 48.7 Å². The molecule has 4 rings (SSSR count). The number of ether oxygens (including phenoxy) is 2. The maximum absolute atomic E-state index is 14.5. The van der Waals surface area contributed by atoms with E-state index in [4.69, 9.17) is 9.47 Å². The molecule has 0 bridgehead atoms. The Labute approximate surface area is 168 Å². The van der Waals surface area contributed by atoms with Gasteiger partial charge in [-0.1, -0.05) is 12.1 Å². The Bertz CT molecular complexity index is 999. The van der Waals surface area contributed by atoms with Crippen LogP contribution in [0.1, 0.15) is 10.5 Å². The Morgan fingerprint density at radius 1 is 1.10 bits per heavy atom. The molecule has 1 saturated heterocycles. The second-order valence-corrected chi connectivity index (χ2v) is 6.84. The third-order valence-corrected chi connectivity index (χ3v) is 5.05. The summed E-state index contributed by atoms with van der Waals surface area (Å²) in [6.45, 7) is 3.78. The highest BCUT2D eigenvalue weighted by Crippen LogP contribution is 2.19. The Morgan fingerprint density at radius 2 is 1.90 bits per heavy atom. The summed E-state index contributed by atoms with van der Waals surface area (Å²) in [5.74, 6) is 0.549. The van der Waals surface area contributed by atoms with Crippen LogP contribution in [0.3, 0.4) is 0 Å². The minimum Gasteiger partial charge on any atom is -0.497 e. The lowest BCUT2D eigenvalue weighted by atomic mass is 10.3. The third kappa shape index (κ3) is 4.17. The summed E-state index contributed by atoms with van der Waals surface area (Å²) in [5, 5.41) is 0. The lowest BCUT2D eigenvalue weighted by Crippen LogP contribution is -2.49. The number of nitrogens with zero attached hydrogens (tertiary/aromatic N) is 4. The lowest BCUT2D eigenvalue weighted by molar-refractivity contribution is 0.0610. The molecular weight excluding hydrogens is 375 g/mol. The van der Waals surface area contributed by atoms with Crippen molar-refractivity contribution in [2.75, 3.05) is 46.4 Å². The number of hydrogen-bond acceptors (Lipinski definition) is 5. The van der Waals surface area contributed by atoms with E-state index in [2.05, 4.69) is 9.88 Å². The normalized spacial score (nSPS) is 14.9. The van der Waals surface area contributed by atoms with E-state index in [-0.39, 0.29) is 11.6 Å². The van der Waals surface area contributed by atoms with Crippen LogP contribution in [0, 0.1) is 5.95 Å². The fraction of sp³-hybridized carbons (Fsp3) is 0.333. The smallest absolute Gasteiger partial charge is 0.277 e. The Balaban J connectivity index is 1.28. The first-order chi connectivity index (χ1) is 14.2. The Hall–Kier alpha value is -3.13. The van der Waals surface area contributed by atoms with E-state index in [9.17, 15) is 9.18 Å². The molecule has 7 nitrogen and oxygen atoms in total. The number of pyridine rings is 1. The molecule has 3 heterocycles. The van der Waals surface area contributed by atoms with Crippen molar-refractivity contribution < 1.29 is 18.7 Å². The van der Waals surface area contributed by atoms with E-state index >= 15 is 0 Å². The van der Waals surface area contributed by atoms with Crippen molar-refractivity contribution in [1.29, 1.82) is 0 Å². The molecule has 0 atom stereocenters. The molecule has 0 radical (unpaired) electrons.